The average molecular weight is 338 g/mol. The van der Waals surface area contributed by atoms with Crippen molar-refractivity contribution in [3.05, 3.63) is 64.6 Å². The molecular formula is C20H20ClN3. The van der Waals surface area contributed by atoms with Crippen LogP contribution >= 0.6 is 11.6 Å². The van der Waals surface area contributed by atoms with Crippen molar-refractivity contribution in [2.75, 3.05) is 13.6 Å². The van der Waals surface area contributed by atoms with Gasteiger partial charge in [0.15, 0.2) is 0 Å². The molecule has 0 bridgehead atoms. The molecular weight excluding hydrogens is 318 g/mol. The number of hydrogen-bond acceptors (Lipinski definition) is 2. The zero-order valence-corrected chi connectivity index (χ0v) is 14.7. The molecule has 4 rings (SSSR count). The van der Waals surface area contributed by atoms with E-state index in [1.54, 1.807) is 6.20 Å². The number of likely N-dealkylation sites (N-methyl/N-ethyl adjacent to an activating group) is 1. The summed E-state index contributed by atoms with van der Waals surface area (Å²) in [6, 6.07) is 10.3. The van der Waals surface area contributed by atoms with Gasteiger partial charge in [-0.05, 0) is 61.4 Å². The van der Waals surface area contributed by atoms with Gasteiger partial charge in [-0.25, -0.2) is 0 Å². The van der Waals surface area contributed by atoms with Crippen LogP contribution in [0.4, 0.5) is 0 Å². The van der Waals surface area contributed by atoms with E-state index >= 15 is 0 Å². The van der Waals surface area contributed by atoms with Gasteiger partial charge in [-0.15, -0.1) is 0 Å². The van der Waals surface area contributed by atoms with Gasteiger partial charge < -0.3 is 9.47 Å². The molecule has 2 aromatic heterocycles. The molecule has 3 aromatic rings. The predicted molar refractivity (Wildman–Crippen MR) is 101 cm³/mol. The van der Waals surface area contributed by atoms with Crippen LogP contribution in [-0.4, -0.2) is 28.0 Å². The molecule has 0 fully saturated rings. The lowest BCUT2D eigenvalue weighted by molar-refractivity contribution is 0.308. The Morgan fingerprint density at radius 2 is 2.17 bits per heavy atom. The van der Waals surface area contributed by atoms with Crippen LogP contribution in [0, 0.1) is 0 Å². The SMILES string of the molecule is CC(=Cn1c2c(c3cc(Cl)ccc31)CCN(C)C2)c1cccnc1. The number of fused-ring (bicyclic) bond motifs is 3. The molecule has 0 amide bonds. The molecule has 0 N–H and O–H groups in total. The van der Waals surface area contributed by atoms with E-state index in [-0.39, 0.29) is 0 Å². The van der Waals surface area contributed by atoms with Crippen molar-refractivity contribution >= 4 is 34.3 Å². The second kappa shape index (κ2) is 6.08. The first-order chi connectivity index (χ1) is 11.6. The lowest BCUT2D eigenvalue weighted by atomic mass is 10.0. The van der Waals surface area contributed by atoms with Gasteiger partial charge in [0.05, 0.1) is 5.52 Å². The lowest BCUT2D eigenvalue weighted by Gasteiger charge is -2.24. The van der Waals surface area contributed by atoms with Crippen LogP contribution in [0.15, 0.2) is 42.7 Å². The number of allylic oxidation sites excluding steroid dienone is 1. The number of rotatable bonds is 2. The first kappa shape index (κ1) is 15.4. The quantitative estimate of drug-likeness (QED) is 0.676. The van der Waals surface area contributed by atoms with Crippen molar-refractivity contribution in [2.24, 2.45) is 0 Å². The summed E-state index contributed by atoms with van der Waals surface area (Å²) in [5.41, 5.74) is 6.37. The lowest BCUT2D eigenvalue weighted by Crippen LogP contribution is -2.27. The molecule has 0 atom stereocenters. The summed E-state index contributed by atoms with van der Waals surface area (Å²) in [6.07, 6.45) is 7.01. The topological polar surface area (TPSA) is 21.1 Å². The monoisotopic (exact) mass is 337 g/mol. The minimum absolute atomic E-state index is 0.800. The van der Waals surface area contributed by atoms with E-state index in [4.69, 9.17) is 11.6 Å². The number of hydrogen-bond donors (Lipinski definition) is 0. The Hall–Kier alpha value is -2.10. The first-order valence-electron chi connectivity index (χ1n) is 8.22. The molecule has 0 unspecified atom stereocenters. The molecule has 0 spiro atoms. The van der Waals surface area contributed by atoms with Crippen LogP contribution in [0.25, 0.3) is 22.7 Å². The summed E-state index contributed by atoms with van der Waals surface area (Å²) < 4.78 is 2.33. The number of nitrogens with zero attached hydrogens (tertiary/aromatic N) is 3. The summed E-state index contributed by atoms with van der Waals surface area (Å²) in [5, 5.41) is 2.08. The molecule has 3 nitrogen and oxygen atoms in total. The summed E-state index contributed by atoms with van der Waals surface area (Å²) in [5.74, 6) is 0. The van der Waals surface area contributed by atoms with Gasteiger partial charge in [-0.2, -0.15) is 0 Å². The highest BCUT2D eigenvalue weighted by atomic mass is 35.5. The smallest absolute Gasteiger partial charge is 0.0529 e. The van der Waals surface area contributed by atoms with Crippen LogP contribution < -0.4 is 0 Å². The summed E-state index contributed by atoms with van der Waals surface area (Å²) in [7, 11) is 2.18. The van der Waals surface area contributed by atoms with E-state index in [2.05, 4.69) is 52.8 Å². The van der Waals surface area contributed by atoms with E-state index in [0.717, 1.165) is 30.1 Å². The van der Waals surface area contributed by atoms with Gasteiger partial charge in [-0.1, -0.05) is 17.7 Å². The number of benzene rings is 1. The van der Waals surface area contributed by atoms with Crippen molar-refractivity contribution < 1.29 is 0 Å². The maximum atomic E-state index is 6.26. The highest BCUT2D eigenvalue weighted by molar-refractivity contribution is 6.31. The van der Waals surface area contributed by atoms with Gasteiger partial charge in [0.2, 0.25) is 0 Å². The van der Waals surface area contributed by atoms with E-state index in [1.165, 1.54) is 27.7 Å². The van der Waals surface area contributed by atoms with Crippen molar-refractivity contribution in [1.82, 2.24) is 14.5 Å². The van der Waals surface area contributed by atoms with Crippen LogP contribution in [0.5, 0.6) is 0 Å². The minimum Gasteiger partial charge on any atom is -0.318 e. The molecule has 0 radical (unpaired) electrons. The number of halogens is 1. The Labute approximate surface area is 147 Å². The van der Waals surface area contributed by atoms with Crippen molar-refractivity contribution in [3.63, 3.8) is 0 Å². The standard InChI is InChI=1S/C20H20ClN3/c1-14(15-4-3-8-22-11-15)12-24-19-6-5-16(21)10-18(19)17-7-9-23(2)13-20(17)24/h3-6,8,10-12H,7,9,13H2,1-2H3. The molecule has 0 saturated heterocycles. The van der Waals surface area contributed by atoms with Gasteiger partial charge in [0, 0.05) is 47.8 Å². The highest BCUT2D eigenvalue weighted by Gasteiger charge is 2.22. The van der Waals surface area contributed by atoms with Crippen molar-refractivity contribution in [3.8, 4) is 0 Å². The maximum Gasteiger partial charge on any atom is 0.0529 e. The van der Waals surface area contributed by atoms with Crippen molar-refractivity contribution in [2.45, 2.75) is 19.9 Å². The highest BCUT2D eigenvalue weighted by Crippen LogP contribution is 2.33. The fraction of sp³-hybridized carbons (Fsp3) is 0.250. The Bertz CT molecular complexity index is 925. The number of pyridine rings is 1. The van der Waals surface area contributed by atoms with Gasteiger partial charge in [-0.3, -0.25) is 4.98 Å². The summed E-state index contributed by atoms with van der Waals surface area (Å²) in [6.45, 7) is 4.18. The third kappa shape index (κ3) is 2.64. The molecule has 4 heteroatoms. The molecule has 3 heterocycles. The Morgan fingerprint density at radius 3 is 2.96 bits per heavy atom. The minimum atomic E-state index is 0.800. The predicted octanol–water partition coefficient (Wildman–Crippen LogP) is 4.70. The van der Waals surface area contributed by atoms with Crippen molar-refractivity contribution in [1.29, 1.82) is 0 Å². The maximum absolute atomic E-state index is 6.26. The molecule has 0 aliphatic carbocycles. The molecule has 0 saturated carbocycles. The van der Waals surface area contributed by atoms with Crippen LogP contribution in [0.3, 0.4) is 0 Å². The number of aromatic nitrogens is 2. The molecule has 1 aliphatic heterocycles. The fourth-order valence-corrected chi connectivity index (χ4v) is 3.68. The zero-order valence-electron chi connectivity index (χ0n) is 14.0. The molecule has 1 aromatic carbocycles. The van der Waals surface area contributed by atoms with E-state index in [9.17, 15) is 0 Å². The molecule has 24 heavy (non-hydrogen) atoms. The average Bonchev–Trinajstić information content (AvgIpc) is 2.88. The van der Waals surface area contributed by atoms with Crippen LogP contribution in [-0.2, 0) is 13.0 Å². The third-order valence-corrected chi connectivity index (χ3v) is 5.02. The third-order valence-electron chi connectivity index (χ3n) is 4.79. The summed E-state index contributed by atoms with van der Waals surface area (Å²) in [4.78, 5) is 6.60. The van der Waals surface area contributed by atoms with Gasteiger partial charge in [0.1, 0.15) is 0 Å². The molecule has 1 aliphatic rings. The Morgan fingerprint density at radius 1 is 1.29 bits per heavy atom. The largest absolute Gasteiger partial charge is 0.318 e. The van der Waals surface area contributed by atoms with E-state index in [1.807, 2.05) is 18.3 Å². The normalized spacial score (nSPS) is 15.7. The second-order valence-electron chi connectivity index (χ2n) is 6.50. The van der Waals surface area contributed by atoms with Gasteiger partial charge >= 0.3 is 0 Å². The summed E-state index contributed by atoms with van der Waals surface area (Å²) >= 11 is 6.26. The van der Waals surface area contributed by atoms with Crippen LogP contribution in [0.2, 0.25) is 5.02 Å². The molecule has 122 valence electrons. The Kier molecular flexibility index (Phi) is 3.91. The van der Waals surface area contributed by atoms with Gasteiger partial charge in [0.25, 0.3) is 0 Å². The fourth-order valence-electron chi connectivity index (χ4n) is 3.51. The Balaban J connectivity index is 1.93. The van der Waals surface area contributed by atoms with Crippen LogP contribution in [0.1, 0.15) is 23.7 Å². The first-order valence-corrected chi connectivity index (χ1v) is 8.60. The zero-order chi connectivity index (χ0) is 16.7. The second-order valence-corrected chi connectivity index (χ2v) is 6.93. The van der Waals surface area contributed by atoms with E-state index < -0.39 is 0 Å². The van der Waals surface area contributed by atoms with E-state index in [0.29, 0.717) is 0 Å².